The molecule has 0 saturated carbocycles. The average molecular weight is 369 g/mol. The number of methoxy groups -OCH3 is 1. The van der Waals surface area contributed by atoms with Gasteiger partial charge in [0.2, 0.25) is 11.8 Å². The first-order chi connectivity index (χ1) is 12.7. The molecule has 4 rings (SSSR count). The number of rotatable bonds is 6. The lowest BCUT2D eigenvalue weighted by atomic mass is 10.1. The standard InChI is InChI=1S/C19H19N3O3S/c1-24-16-7-3-2-5-13(16)11-22-12-14(9-18(22)23)19-20-17(25-21-19)10-15-6-4-8-26-15/h2-8,14H,9-12H2,1H3. The van der Waals surface area contributed by atoms with E-state index in [0.29, 0.717) is 37.6 Å². The van der Waals surface area contributed by atoms with E-state index in [0.717, 1.165) is 11.3 Å². The number of hydrogen-bond acceptors (Lipinski definition) is 6. The van der Waals surface area contributed by atoms with Crippen LogP contribution in [-0.2, 0) is 17.8 Å². The number of amides is 1. The number of aromatic nitrogens is 2. The molecule has 134 valence electrons. The summed E-state index contributed by atoms with van der Waals surface area (Å²) in [7, 11) is 1.64. The summed E-state index contributed by atoms with van der Waals surface area (Å²) in [5.74, 6) is 2.08. The van der Waals surface area contributed by atoms with Gasteiger partial charge in [0.25, 0.3) is 0 Å². The zero-order chi connectivity index (χ0) is 17.9. The SMILES string of the molecule is COc1ccccc1CN1CC(c2noc(Cc3cccs3)n2)CC1=O. The number of thiophene rings is 1. The fourth-order valence-corrected chi connectivity index (χ4v) is 3.90. The van der Waals surface area contributed by atoms with Gasteiger partial charge in [0, 0.05) is 35.9 Å². The average Bonchev–Trinajstić information content (AvgIpc) is 3.39. The maximum absolute atomic E-state index is 12.4. The largest absolute Gasteiger partial charge is 0.496 e. The Balaban J connectivity index is 1.44. The molecule has 1 saturated heterocycles. The van der Waals surface area contributed by atoms with Gasteiger partial charge in [-0.1, -0.05) is 29.4 Å². The fraction of sp³-hybridized carbons (Fsp3) is 0.316. The van der Waals surface area contributed by atoms with Crippen molar-refractivity contribution in [2.75, 3.05) is 13.7 Å². The summed E-state index contributed by atoms with van der Waals surface area (Å²) in [5, 5.41) is 6.13. The summed E-state index contributed by atoms with van der Waals surface area (Å²) >= 11 is 1.66. The van der Waals surface area contributed by atoms with Gasteiger partial charge in [-0.05, 0) is 17.5 Å². The van der Waals surface area contributed by atoms with E-state index in [1.165, 1.54) is 4.88 Å². The minimum atomic E-state index is -0.0296. The predicted octanol–water partition coefficient (Wildman–Crippen LogP) is 3.25. The minimum Gasteiger partial charge on any atom is -0.496 e. The second-order valence-electron chi connectivity index (χ2n) is 6.29. The quantitative estimate of drug-likeness (QED) is 0.667. The number of likely N-dealkylation sites (tertiary alicyclic amines) is 1. The lowest BCUT2D eigenvalue weighted by Gasteiger charge is -2.17. The number of hydrogen-bond donors (Lipinski definition) is 0. The van der Waals surface area contributed by atoms with E-state index in [1.54, 1.807) is 18.4 Å². The van der Waals surface area contributed by atoms with E-state index in [9.17, 15) is 4.79 Å². The van der Waals surface area contributed by atoms with Gasteiger partial charge in [-0.25, -0.2) is 0 Å². The Kier molecular flexibility index (Phi) is 4.71. The smallest absolute Gasteiger partial charge is 0.231 e. The summed E-state index contributed by atoms with van der Waals surface area (Å²) in [5.41, 5.74) is 0.996. The van der Waals surface area contributed by atoms with Crippen LogP contribution in [0.4, 0.5) is 0 Å². The van der Waals surface area contributed by atoms with E-state index < -0.39 is 0 Å². The molecule has 3 heterocycles. The van der Waals surface area contributed by atoms with Crippen molar-refractivity contribution in [3.05, 3.63) is 63.9 Å². The van der Waals surface area contributed by atoms with Crippen molar-refractivity contribution in [2.24, 2.45) is 0 Å². The Morgan fingerprint density at radius 1 is 1.31 bits per heavy atom. The van der Waals surface area contributed by atoms with Crippen molar-refractivity contribution in [2.45, 2.75) is 25.3 Å². The number of para-hydroxylation sites is 1. The number of ether oxygens (including phenoxy) is 1. The highest BCUT2D eigenvalue weighted by molar-refractivity contribution is 7.09. The number of carbonyl (C=O) groups is 1. The topological polar surface area (TPSA) is 68.5 Å². The second kappa shape index (κ2) is 7.29. The van der Waals surface area contributed by atoms with E-state index in [2.05, 4.69) is 10.1 Å². The van der Waals surface area contributed by atoms with E-state index in [4.69, 9.17) is 9.26 Å². The first kappa shape index (κ1) is 16.8. The van der Waals surface area contributed by atoms with Crippen molar-refractivity contribution in [3.63, 3.8) is 0 Å². The number of carbonyl (C=O) groups excluding carboxylic acids is 1. The molecule has 0 spiro atoms. The van der Waals surface area contributed by atoms with Crippen LogP contribution in [-0.4, -0.2) is 34.6 Å². The molecule has 0 N–H and O–H groups in total. The van der Waals surface area contributed by atoms with E-state index in [1.807, 2.05) is 46.7 Å². The lowest BCUT2D eigenvalue weighted by Crippen LogP contribution is -2.24. The molecule has 1 fully saturated rings. The van der Waals surface area contributed by atoms with E-state index in [-0.39, 0.29) is 11.8 Å². The molecule has 3 aromatic rings. The van der Waals surface area contributed by atoms with E-state index >= 15 is 0 Å². The van der Waals surface area contributed by atoms with Crippen LogP contribution in [0.2, 0.25) is 0 Å². The highest BCUT2D eigenvalue weighted by Crippen LogP contribution is 2.29. The number of benzene rings is 1. The Labute approximate surface area is 155 Å². The maximum Gasteiger partial charge on any atom is 0.231 e. The van der Waals surface area contributed by atoms with Crippen molar-refractivity contribution in [1.82, 2.24) is 15.0 Å². The van der Waals surface area contributed by atoms with Crippen LogP contribution < -0.4 is 4.74 Å². The van der Waals surface area contributed by atoms with Crippen molar-refractivity contribution in [3.8, 4) is 5.75 Å². The summed E-state index contributed by atoms with van der Waals surface area (Å²) < 4.78 is 10.8. The third-order valence-electron chi connectivity index (χ3n) is 4.52. The second-order valence-corrected chi connectivity index (χ2v) is 7.32. The summed E-state index contributed by atoms with van der Waals surface area (Å²) in [6, 6.07) is 11.8. The normalized spacial score (nSPS) is 17.0. The van der Waals surface area contributed by atoms with Crippen LogP contribution >= 0.6 is 11.3 Å². The van der Waals surface area contributed by atoms with Gasteiger partial charge in [0.15, 0.2) is 5.82 Å². The summed E-state index contributed by atoms with van der Waals surface area (Å²) in [6.07, 6.45) is 1.05. The summed E-state index contributed by atoms with van der Waals surface area (Å²) in [6.45, 7) is 1.12. The van der Waals surface area contributed by atoms with Crippen molar-refractivity contribution < 1.29 is 14.1 Å². The molecule has 2 aromatic heterocycles. The fourth-order valence-electron chi connectivity index (χ4n) is 3.21. The van der Waals surface area contributed by atoms with Crippen LogP contribution in [0.3, 0.4) is 0 Å². The van der Waals surface area contributed by atoms with Crippen molar-refractivity contribution >= 4 is 17.2 Å². The van der Waals surface area contributed by atoms with Crippen LogP contribution in [0.25, 0.3) is 0 Å². The molecular formula is C19H19N3O3S. The molecule has 6 nitrogen and oxygen atoms in total. The maximum atomic E-state index is 12.4. The molecule has 1 aliphatic heterocycles. The first-order valence-electron chi connectivity index (χ1n) is 8.47. The molecule has 0 aliphatic carbocycles. The minimum absolute atomic E-state index is 0.0296. The van der Waals surface area contributed by atoms with Gasteiger partial charge < -0.3 is 14.2 Å². The summed E-state index contributed by atoms with van der Waals surface area (Å²) in [4.78, 5) is 19.9. The van der Waals surface area contributed by atoms with Gasteiger partial charge in [-0.3, -0.25) is 4.79 Å². The Morgan fingerprint density at radius 2 is 2.19 bits per heavy atom. The predicted molar refractivity (Wildman–Crippen MR) is 97.2 cm³/mol. The molecule has 1 aliphatic rings. The Morgan fingerprint density at radius 3 is 3.00 bits per heavy atom. The molecular weight excluding hydrogens is 350 g/mol. The molecule has 7 heteroatoms. The van der Waals surface area contributed by atoms with Gasteiger partial charge in [0.1, 0.15) is 5.75 Å². The molecule has 0 radical (unpaired) electrons. The zero-order valence-electron chi connectivity index (χ0n) is 14.4. The molecule has 1 aromatic carbocycles. The van der Waals surface area contributed by atoms with Gasteiger partial charge >= 0.3 is 0 Å². The van der Waals surface area contributed by atoms with Gasteiger partial charge in [-0.15, -0.1) is 11.3 Å². The van der Waals surface area contributed by atoms with Crippen LogP contribution in [0.15, 0.2) is 46.3 Å². The zero-order valence-corrected chi connectivity index (χ0v) is 15.2. The molecule has 1 atom stereocenters. The third-order valence-corrected chi connectivity index (χ3v) is 5.40. The first-order valence-corrected chi connectivity index (χ1v) is 9.35. The highest BCUT2D eigenvalue weighted by atomic mass is 32.1. The highest BCUT2D eigenvalue weighted by Gasteiger charge is 2.34. The van der Waals surface area contributed by atoms with Crippen LogP contribution in [0.1, 0.15) is 34.5 Å². The molecule has 1 amide bonds. The Bertz CT molecular complexity index is 891. The van der Waals surface area contributed by atoms with Gasteiger partial charge in [0.05, 0.1) is 13.5 Å². The molecule has 0 bridgehead atoms. The number of nitrogens with zero attached hydrogens (tertiary/aromatic N) is 3. The monoisotopic (exact) mass is 369 g/mol. The van der Waals surface area contributed by atoms with Crippen molar-refractivity contribution in [1.29, 1.82) is 0 Å². The van der Waals surface area contributed by atoms with Gasteiger partial charge in [-0.2, -0.15) is 4.98 Å². The third kappa shape index (κ3) is 3.48. The Hall–Kier alpha value is -2.67. The molecule has 26 heavy (non-hydrogen) atoms. The molecule has 1 unspecified atom stereocenters. The van der Waals surface area contributed by atoms with Crippen LogP contribution in [0.5, 0.6) is 5.75 Å². The van der Waals surface area contributed by atoms with Crippen LogP contribution in [0, 0.1) is 0 Å². The lowest BCUT2D eigenvalue weighted by molar-refractivity contribution is -0.128.